The molecule has 5 nitrogen and oxygen atoms in total. The van der Waals surface area contributed by atoms with Crippen molar-refractivity contribution in [2.24, 2.45) is 28.6 Å². The number of allylic oxidation sites excluding steroid dienone is 4. The molecule has 4 aliphatic carbocycles. The summed E-state index contributed by atoms with van der Waals surface area (Å²) in [5.41, 5.74) is -4.31. The Bertz CT molecular complexity index is 1110. The molecule has 3 N–H and O–H groups in total. The lowest BCUT2D eigenvalue weighted by atomic mass is 9.45. The maximum atomic E-state index is 17.2. The highest BCUT2D eigenvalue weighted by molar-refractivity contribution is 5.87. The van der Waals surface area contributed by atoms with Crippen LogP contribution in [0.5, 0.6) is 5.75 Å². The van der Waals surface area contributed by atoms with E-state index < -0.39 is 40.0 Å². The van der Waals surface area contributed by atoms with E-state index in [0.717, 1.165) is 18.4 Å². The summed E-state index contributed by atoms with van der Waals surface area (Å²) in [5, 5.41) is 26.3. The minimum atomic E-state index is -1.84. The first kappa shape index (κ1) is 26.4. The summed E-state index contributed by atoms with van der Waals surface area (Å²) in [6.45, 7) is 6.26. The summed E-state index contributed by atoms with van der Waals surface area (Å²) < 4.78 is 35.8. The number of benzene rings is 1. The number of aliphatic hydroxyl groups excluding tert-OH is 1. The van der Waals surface area contributed by atoms with Crippen LogP contribution in [0.3, 0.4) is 0 Å². The second-order valence-electron chi connectivity index (χ2n) is 12.0. The number of alkyl halides is 1. The summed E-state index contributed by atoms with van der Waals surface area (Å²) in [7, 11) is 0. The lowest BCUT2D eigenvalue weighted by molar-refractivity contribution is -0.219. The Morgan fingerprint density at radius 1 is 1.22 bits per heavy atom. The van der Waals surface area contributed by atoms with Gasteiger partial charge >= 0.3 is 0 Å². The van der Waals surface area contributed by atoms with E-state index in [0.29, 0.717) is 38.2 Å². The fraction of sp³-hybridized carbons (Fsp3) is 0.633. The van der Waals surface area contributed by atoms with Crippen LogP contribution in [0.2, 0.25) is 0 Å². The summed E-state index contributed by atoms with van der Waals surface area (Å²) in [4.78, 5) is 13.5. The Morgan fingerprint density at radius 3 is 2.68 bits per heavy atom. The number of aliphatic hydroxyl groups is 2. The predicted molar refractivity (Wildman–Crippen MR) is 137 cm³/mol. The SMILES string of the molecule is CC1CC2C3CCC4=CCC=CC4(C)C3(F)C(O)CC2(C)C1(O)C(=O)NCCCOc1ccc(F)cc1. The van der Waals surface area contributed by atoms with Crippen LogP contribution in [-0.2, 0) is 4.79 Å². The van der Waals surface area contributed by atoms with Crippen molar-refractivity contribution in [2.75, 3.05) is 13.2 Å². The molecule has 0 heterocycles. The molecule has 0 spiro atoms. The highest BCUT2D eigenvalue weighted by atomic mass is 19.1. The minimum absolute atomic E-state index is 0.0311. The molecular weight excluding hydrogens is 476 g/mol. The molecule has 3 fully saturated rings. The van der Waals surface area contributed by atoms with Crippen molar-refractivity contribution in [3.63, 3.8) is 0 Å². The quantitative estimate of drug-likeness (QED) is 0.373. The molecule has 8 atom stereocenters. The number of hydrogen-bond donors (Lipinski definition) is 3. The van der Waals surface area contributed by atoms with Crippen LogP contribution in [0.15, 0.2) is 48.1 Å². The van der Waals surface area contributed by atoms with Crippen molar-refractivity contribution in [1.82, 2.24) is 5.32 Å². The van der Waals surface area contributed by atoms with Crippen molar-refractivity contribution >= 4 is 5.91 Å². The largest absolute Gasteiger partial charge is 0.494 e. The molecule has 0 saturated heterocycles. The monoisotopic (exact) mass is 515 g/mol. The average Bonchev–Trinajstić information content (AvgIpc) is 3.07. The molecule has 0 aromatic heterocycles. The zero-order valence-electron chi connectivity index (χ0n) is 22.0. The van der Waals surface area contributed by atoms with Crippen LogP contribution in [0.1, 0.15) is 59.3 Å². The number of hydrogen-bond acceptors (Lipinski definition) is 4. The van der Waals surface area contributed by atoms with Gasteiger partial charge in [-0.15, -0.1) is 0 Å². The number of halogens is 2. The lowest BCUT2D eigenvalue weighted by Crippen LogP contribution is -2.70. The highest BCUT2D eigenvalue weighted by Gasteiger charge is 2.75. The molecule has 8 unspecified atom stereocenters. The van der Waals surface area contributed by atoms with Gasteiger partial charge in [-0.1, -0.05) is 37.6 Å². The fourth-order valence-electron chi connectivity index (χ4n) is 8.30. The van der Waals surface area contributed by atoms with Crippen LogP contribution in [-0.4, -0.2) is 46.6 Å². The fourth-order valence-corrected chi connectivity index (χ4v) is 8.30. The molecule has 3 saturated carbocycles. The van der Waals surface area contributed by atoms with E-state index in [-0.39, 0.29) is 24.1 Å². The number of nitrogens with one attached hydrogen (secondary N) is 1. The topological polar surface area (TPSA) is 78.8 Å². The molecule has 1 amide bonds. The van der Waals surface area contributed by atoms with Gasteiger partial charge in [0.05, 0.1) is 12.7 Å². The number of rotatable bonds is 6. The smallest absolute Gasteiger partial charge is 0.252 e. The lowest BCUT2D eigenvalue weighted by Gasteiger charge is -2.62. The third-order valence-electron chi connectivity index (χ3n) is 10.3. The van der Waals surface area contributed by atoms with Crippen LogP contribution >= 0.6 is 0 Å². The molecule has 5 rings (SSSR count). The number of carbonyl (C=O) groups is 1. The van der Waals surface area contributed by atoms with Crippen LogP contribution < -0.4 is 10.1 Å². The molecule has 4 aliphatic rings. The van der Waals surface area contributed by atoms with Gasteiger partial charge in [0.15, 0.2) is 11.3 Å². The normalized spacial score (nSPS) is 42.3. The molecule has 1 aromatic rings. The first-order valence-corrected chi connectivity index (χ1v) is 13.6. The average molecular weight is 516 g/mol. The molecule has 7 heteroatoms. The van der Waals surface area contributed by atoms with Gasteiger partial charge in [-0.3, -0.25) is 4.79 Å². The van der Waals surface area contributed by atoms with E-state index in [1.165, 1.54) is 12.1 Å². The van der Waals surface area contributed by atoms with Crippen LogP contribution in [0.4, 0.5) is 8.78 Å². The molecule has 202 valence electrons. The molecule has 0 radical (unpaired) electrons. The van der Waals surface area contributed by atoms with Gasteiger partial charge in [0, 0.05) is 23.3 Å². The molecular formula is C30H39F2NO4. The molecule has 0 aliphatic heterocycles. The van der Waals surface area contributed by atoms with Crippen molar-refractivity contribution in [3.8, 4) is 5.75 Å². The van der Waals surface area contributed by atoms with Crippen molar-refractivity contribution < 1.29 is 28.5 Å². The van der Waals surface area contributed by atoms with E-state index in [1.807, 2.05) is 32.9 Å². The zero-order valence-corrected chi connectivity index (χ0v) is 22.0. The van der Waals surface area contributed by atoms with Gasteiger partial charge < -0.3 is 20.3 Å². The van der Waals surface area contributed by atoms with Crippen molar-refractivity contribution in [1.29, 1.82) is 0 Å². The summed E-state index contributed by atoms with van der Waals surface area (Å²) in [6.07, 6.45) is 7.96. The van der Waals surface area contributed by atoms with E-state index >= 15 is 4.39 Å². The van der Waals surface area contributed by atoms with Gasteiger partial charge in [-0.2, -0.15) is 0 Å². The maximum absolute atomic E-state index is 17.2. The number of fused-ring (bicyclic) bond motifs is 5. The van der Waals surface area contributed by atoms with Gasteiger partial charge in [0.2, 0.25) is 0 Å². The zero-order chi connectivity index (χ0) is 26.6. The van der Waals surface area contributed by atoms with Crippen LogP contribution in [0.25, 0.3) is 0 Å². The number of amides is 1. The van der Waals surface area contributed by atoms with Gasteiger partial charge in [0.25, 0.3) is 5.91 Å². The third kappa shape index (κ3) is 3.71. The second kappa shape index (κ2) is 9.19. The number of ether oxygens (including phenoxy) is 1. The molecule has 37 heavy (non-hydrogen) atoms. The standard InChI is InChI=1S/C30H39F2NO4/c1-19-17-24-23-13-8-20-7-4-5-14-27(20,2)29(23,32)25(34)18-28(24,3)30(19,36)26(35)33-15-6-16-37-22-11-9-21(31)10-12-22/h5,7,9-12,14,19,23-25,34,36H,4,6,8,13,15-18H2,1-3H3,(H,33,35). The van der Waals surface area contributed by atoms with Gasteiger partial charge in [-0.25, -0.2) is 8.78 Å². The summed E-state index contributed by atoms with van der Waals surface area (Å²) in [6, 6.07) is 5.74. The van der Waals surface area contributed by atoms with Gasteiger partial charge in [0.1, 0.15) is 11.6 Å². The first-order valence-electron chi connectivity index (χ1n) is 13.6. The van der Waals surface area contributed by atoms with E-state index in [9.17, 15) is 19.4 Å². The molecule has 0 bridgehead atoms. The molecule has 1 aromatic carbocycles. The second-order valence-corrected chi connectivity index (χ2v) is 12.0. The Hall–Kier alpha value is -2.25. The Morgan fingerprint density at radius 2 is 1.95 bits per heavy atom. The highest BCUT2D eigenvalue weighted by Crippen LogP contribution is 2.70. The Kier molecular flexibility index (Phi) is 6.55. The predicted octanol–water partition coefficient (Wildman–Crippen LogP) is 4.88. The van der Waals surface area contributed by atoms with E-state index in [2.05, 4.69) is 11.4 Å². The van der Waals surface area contributed by atoms with Crippen molar-refractivity contribution in [2.45, 2.75) is 76.7 Å². The third-order valence-corrected chi connectivity index (χ3v) is 10.3. The Balaban J connectivity index is 1.30. The van der Waals surface area contributed by atoms with Gasteiger partial charge in [-0.05, 0) is 81.5 Å². The van der Waals surface area contributed by atoms with E-state index in [4.69, 9.17) is 4.74 Å². The van der Waals surface area contributed by atoms with Crippen LogP contribution in [0, 0.1) is 34.4 Å². The minimum Gasteiger partial charge on any atom is -0.494 e. The summed E-state index contributed by atoms with van der Waals surface area (Å²) in [5.74, 6) is -1.30. The number of carbonyl (C=O) groups excluding carboxylic acids is 1. The van der Waals surface area contributed by atoms with E-state index in [1.54, 1.807) is 12.1 Å². The van der Waals surface area contributed by atoms with Crippen molar-refractivity contribution in [3.05, 3.63) is 53.9 Å². The first-order chi connectivity index (χ1) is 17.5. The maximum Gasteiger partial charge on any atom is 0.252 e. The summed E-state index contributed by atoms with van der Waals surface area (Å²) >= 11 is 0. The Labute approximate surface area is 218 Å².